The van der Waals surface area contributed by atoms with Crippen molar-refractivity contribution in [2.24, 2.45) is 0 Å². The Morgan fingerprint density at radius 3 is 1.92 bits per heavy atom. The van der Waals surface area contributed by atoms with E-state index in [4.69, 9.17) is 9.84 Å². The van der Waals surface area contributed by atoms with E-state index < -0.39 is 18.1 Å². The normalized spacial score (nSPS) is 22.5. The molecule has 0 spiro atoms. The van der Waals surface area contributed by atoms with Gasteiger partial charge in [0.25, 0.3) is 0 Å². The van der Waals surface area contributed by atoms with Crippen molar-refractivity contribution in [3.63, 3.8) is 0 Å². The zero-order valence-corrected chi connectivity index (χ0v) is 15.3. The van der Waals surface area contributed by atoms with Crippen molar-refractivity contribution in [3.8, 4) is 0 Å². The Kier molecular flexibility index (Phi) is 7.41. The Morgan fingerprint density at radius 1 is 0.923 bits per heavy atom. The molecule has 146 valence electrons. The number of carbonyl (C=O) groups excluding carboxylic acids is 3. The van der Waals surface area contributed by atoms with E-state index in [2.05, 4.69) is 0 Å². The topological polar surface area (TPSA) is 104 Å². The van der Waals surface area contributed by atoms with Crippen molar-refractivity contribution in [3.05, 3.63) is 0 Å². The highest BCUT2D eigenvalue weighted by Crippen LogP contribution is 2.22. The number of amides is 2. The van der Waals surface area contributed by atoms with Crippen LogP contribution in [0, 0.1) is 0 Å². The third-order valence-corrected chi connectivity index (χ3v) is 5.02. The van der Waals surface area contributed by atoms with Crippen molar-refractivity contribution in [2.75, 3.05) is 19.7 Å². The molecule has 2 saturated heterocycles. The molecule has 8 heteroatoms. The number of hydrogen-bond donors (Lipinski definition) is 1. The number of unbranched alkanes of at least 4 members (excludes halogenated alkanes) is 1. The molecule has 2 amide bonds. The minimum Gasteiger partial charge on any atom is -0.480 e. The lowest BCUT2D eigenvalue weighted by Gasteiger charge is -2.23. The summed E-state index contributed by atoms with van der Waals surface area (Å²) in [7, 11) is 0. The minimum absolute atomic E-state index is 0.0856. The van der Waals surface area contributed by atoms with E-state index in [1.807, 2.05) is 0 Å². The van der Waals surface area contributed by atoms with E-state index in [1.54, 1.807) is 11.8 Å². The fraction of sp³-hybridized carbons (Fsp3) is 0.778. The number of likely N-dealkylation sites (tertiary alicyclic amines) is 2. The molecular formula is C18H28N2O6. The van der Waals surface area contributed by atoms with E-state index in [0.717, 1.165) is 6.42 Å². The van der Waals surface area contributed by atoms with E-state index in [0.29, 0.717) is 51.8 Å². The summed E-state index contributed by atoms with van der Waals surface area (Å²) in [5, 5.41) is 9.12. The van der Waals surface area contributed by atoms with Crippen molar-refractivity contribution >= 4 is 23.8 Å². The summed E-state index contributed by atoms with van der Waals surface area (Å²) in [6, 6.07) is -1.19. The summed E-state index contributed by atoms with van der Waals surface area (Å²) in [6.07, 6.45) is 4.25. The van der Waals surface area contributed by atoms with Crippen LogP contribution in [-0.2, 0) is 23.9 Å². The van der Waals surface area contributed by atoms with Crippen LogP contribution in [0.5, 0.6) is 0 Å². The number of carboxylic acid groups (broad SMARTS) is 1. The minimum atomic E-state index is -0.954. The summed E-state index contributed by atoms with van der Waals surface area (Å²) >= 11 is 0. The lowest BCUT2D eigenvalue weighted by molar-refractivity contribution is -0.153. The summed E-state index contributed by atoms with van der Waals surface area (Å²) < 4.78 is 5.02. The van der Waals surface area contributed by atoms with Crippen molar-refractivity contribution < 1.29 is 29.0 Å². The molecule has 2 rings (SSSR count). The molecule has 0 aromatic heterocycles. The standard InChI is InChI=1S/C18H28N2O6/c1-2-26-18(25)14-8-6-12-20(14)16(22)10-4-3-9-15(21)19-11-5-7-13(19)17(23)24/h13-14H,2-12H2,1H3,(H,23,24)/t13?,14-/m1/s1. The highest BCUT2D eigenvalue weighted by molar-refractivity contribution is 5.85. The maximum absolute atomic E-state index is 12.4. The number of aliphatic carboxylic acids is 1. The maximum atomic E-state index is 12.4. The van der Waals surface area contributed by atoms with Crippen LogP contribution in [0.3, 0.4) is 0 Å². The monoisotopic (exact) mass is 368 g/mol. The first-order chi connectivity index (χ1) is 12.5. The van der Waals surface area contributed by atoms with Gasteiger partial charge in [-0.15, -0.1) is 0 Å². The molecule has 2 heterocycles. The van der Waals surface area contributed by atoms with Gasteiger partial charge >= 0.3 is 11.9 Å². The third-order valence-electron chi connectivity index (χ3n) is 5.02. The molecule has 0 saturated carbocycles. The number of esters is 1. The van der Waals surface area contributed by atoms with Gasteiger partial charge in [-0.3, -0.25) is 9.59 Å². The second-order valence-corrected chi connectivity index (χ2v) is 6.79. The van der Waals surface area contributed by atoms with Crippen LogP contribution in [0.1, 0.15) is 58.3 Å². The third kappa shape index (κ3) is 4.95. The molecular weight excluding hydrogens is 340 g/mol. The molecule has 0 bridgehead atoms. The van der Waals surface area contributed by atoms with Crippen LogP contribution in [0.25, 0.3) is 0 Å². The number of rotatable bonds is 8. The first-order valence-electron chi connectivity index (χ1n) is 9.44. The Hall–Kier alpha value is -2.12. The van der Waals surface area contributed by atoms with Crippen LogP contribution in [0.4, 0.5) is 0 Å². The number of hydrogen-bond acceptors (Lipinski definition) is 5. The average Bonchev–Trinajstić information content (AvgIpc) is 3.27. The zero-order valence-electron chi connectivity index (χ0n) is 15.3. The second kappa shape index (κ2) is 9.54. The van der Waals surface area contributed by atoms with Gasteiger partial charge in [-0.05, 0) is 45.4 Å². The summed E-state index contributed by atoms with van der Waals surface area (Å²) in [5.41, 5.74) is 0. The molecule has 0 aromatic rings. The molecule has 0 radical (unpaired) electrons. The van der Waals surface area contributed by atoms with E-state index in [1.165, 1.54) is 4.90 Å². The summed E-state index contributed by atoms with van der Waals surface area (Å²) in [4.78, 5) is 50.6. The lowest BCUT2D eigenvalue weighted by atomic mass is 10.1. The van der Waals surface area contributed by atoms with Crippen molar-refractivity contribution in [1.29, 1.82) is 0 Å². The van der Waals surface area contributed by atoms with Crippen LogP contribution in [0.15, 0.2) is 0 Å². The highest BCUT2D eigenvalue weighted by atomic mass is 16.5. The van der Waals surface area contributed by atoms with Crippen LogP contribution >= 0.6 is 0 Å². The Labute approximate surface area is 153 Å². The van der Waals surface area contributed by atoms with Gasteiger partial charge in [-0.25, -0.2) is 9.59 Å². The molecule has 26 heavy (non-hydrogen) atoms. The molecule has 2 aliphatic heterocycles. The predicted octanol–water partition coefficient (Wildman–Crippen LogP) is 1.18. The van der Waals surface area contributed by atoms with Crippen LogP contribution in [0.2, 0.25) is 0 Å². The molecule has 1 N–H and O–H groups in total. The SMILES string of the molecule is CCOC(=O)[C@H]1CCCN1C(=O)CCCCC(=O)N1CCCC1C(=O)O. The molecule has 8 nitrogen and oxygen atoms in total. The highest BCUT2D eigenvalue weighted by Gasteiger charge is 2.35. The number of nitrogens with zero attached hydrogens (tertiary/aromatic N) is 2. The smallest absolute Gasteiger partial charge is 0.328 e. The maximum Gasteiger partial charge on any atom is 0.328 e. The Bertz CT molecular complexity index is 550. The predicted molar refractivity (Wildman–Crippen MR) is 92.2 cm³/mol. The molecule has 0 aromatic carbocycles. The number of carboxylic acids is 1. The zero-order chi connectivity index (χ0) is 19.1. The summed E-state index contributed by atoms with van der Waals surface area (Å²) in [6.45, 7) is 3.09. The number of carbonyl (C=O) groups is 4. The molecule has 1 unspecified atom stereocenters. The second-order valence-electron chi connectivity index (χ2n) is 6.79. The van der Waals surface area contributed by atoms with Crippen LogP contribution in [-0.4, -0.2) is 70.4 Å². The fourth-order valence-electron chi connectivity index (χ4n) is 3.71. The number of ether oxygens (including phenoxy) is 1. The van der Waals surface area contributed by atoms with Gasteiger partial charge in [0, 0.05) is 25.9 Å². The van der Waals surface area contributed by atoms with Crippen molar-refractivity contribution in [2.45, 2.75) is 70.4 Å². The quantitative estimate of drug-likeness (QED) is 0.509. The largest absolute Gasteiger partial charge is 0.480 e. The summed E-state index contributed by atoms with van der Waals surface area (Å²) in [5.74, 6) is -1.54. The van der Waals surface area contributed by atoms with Gasteiger partial charge in [0.15, 0.2) is 0 Å². The van der Waals surface area contributed by atoms with Gasteiger partial charge in [0.2, 0.25) is 11.8 Å². The van der Waals surface area contributed by atoms with Crippen LogP contribution < -0.4 is 0 Å². The molecule has 2 atom stereocenters. The Morgan fingerprint density at radius 2 is 1.42 bits per heavy atom. The van der Waals surface area contributed by atoms with Crippen molar-refractivity contribution in [1.82, 2.24) is 9.80 Å². The van der Waals surface area contributed by atoms with Gasteiger partial charge in [-0.1, -0.05) is 0 Å². The van der Waals surface area contributed by atoms with Gasteiger partial charge in [0.1, 0.15) is 12.1 Å². The first-order valence-corrected chi connectivity index (χ1v) is 9.44. The molecule has 2 aliphatic rings. The van der Waals surface area contributed by atoms with E-state index >= 15 is 0 Å². The molecule has 2 fully saturated rings. The molecule has 0 aliphatic carbocycles. The van der Waals surface area contributed by atoms with Gasteiger partial charge in [0.05, 0.1) is 6.61 Å². The Balaban J connectivity index is 1.72. The lowest BCUT2D eigenvalue weighted by Crippen LogP contribution is -2.41. The van der Waals surface area contributed by atoms with Gasteiger partial charge in [-0.2, -0.15) is 0 Å². The average molecular weight is 368 g/mol. The van der Waals surface area contributed by atoms with E-state index in [-0.39, 0.29) is 30.6 Å². The first kappa shape index (κ1) is 20.2. The van der Waals surface area contributed by atoms with E-state index in [9.17, 15) is 19.2 Å². The van der Waals surface area contributed by atoms with Gasteiger partial charge < -0.3 is 19.6 Å². The fourth-order valence-corrected chi connectivity index (χ4v) is 3.71.